The van der Waals surface area contributed by atoms with E-state index in [1.165, 1.54) is 54.9 Å². The lowest BCUT2D eigenvalue weighted by Gasteiger charge is -2.57. The van der Waals surface area contributed by atoms with Crippen LogP contribution in [0.2, 0.25) is 0 Å². The maximum atomic E-state index is 9.37. The zero-order chi connectivity index (χ0) is 28.5. The minimum atomic E-state index is 0.375. The van der Waals surface area contributed by atoms with E-state index in [0.717, 1.165) is 43.8 Å². The lowest BCUT2D eigenvalue weighted by Crippen LogP contribution is -2.48. The van der Waals surface area contributed by atoms with Crippen LogP contribution < -0.4 is 0 Å². The van der Waals surface area contributed by atoms with E-state index < -0.39 is 0 Å². The Labute approximate surface area is 255 Å². The van der Waals surface area contributed by atoms with Crippen molar-refractivity contribution < 1.29 is 0 Å². The molecule has 0 N–H and O–H groups in total. The molecule has 0 amide bonds. The first-order valence-electron chi connectivity index (χ1n) is 15.4. The Morgan fingerprint density at radius 1 is 0.605 bits per heavy atom. The predicted molar refractivity (Wildman–Crippen MR) is 174 cm³/mol. The van der Waals surface area contributed by atoms with Crippen molar-refractivity contribution in [1.29, 1.82) is 5.26 Å². The summed E-state index contributed by atoms with van der Waals surface area (Å²) in [4.78, 5) is 15.0. The first-order chi connectivity index (χ1) is 21.1. The molecule has 0 spiro atoms. The van der Waals surface area contributed by atoms with Crippen molar-refractivity contribution in [3.05, 3.63) is 102 Å². The Morgan fingerprint density at radius 3 is 1.77 bits per heavy atom. The van der Waals surface area contributed by atoms with Gasteiger partial charge in [0.1, 0.15) is 0 Å². The van der Waals surface area contributed by atoms with E-state index in [0.29, 0.717) is 28.5 Å². The highest BCUT2D eigenvalue weighted by Gasteiger charge is 2.51. The Bertz CT molecular complexity index is 2030. The molecule has 0 saturated heterocycles. The fourth-order valence-electron chi connectivity index (χ4n) is 8.77. The Balaban J connectivity index is 1.13. The average Bonchev–Trinajstić information content (AvgIpc) is 3.41. The van der Waals surface area contributed by atoms with E-state index in [9.17, 15) is 5.26 Å². The van der Waals surface area contributed by atoms with Crippen LogP contribution >= 0.6 is 11.3 Å². The summed E-state index contributed by atoms with van der Waals surface area (Å²) in [5.41, 5.74) is 5.54. The number of benzene rings is 4. The average molecular weight is 575 g/mol. The topological polar surface area (TPSA) is 62.5 Å². The van der Waals surface area contributed by atoms with Gasteiger partial charge in [0.15, 0.2) is 17.5 Å². The van der Waals surface area contributed by atoms with Gasteiger partial charge in [0.05, 0.1) is 11.6 Å². The van der Waals surface area contributed by atoms with Crippen molar-refractivity contribution in [2.45, 2.75) is 43.9 Å². The summed E-state index contributed by atoms with van der Waals surface area (Å²) in [7, 11) is 0. The van der Waals surface area contributed by atoms with Crippen LogP contribution in [0.5, 0.6) is 0 Å². The van der Waals surface area contributed by atoms with Crippen LogP contribution in [0.1, 0.15) is 49.7 Å². The second-order valence-corrected chi connectivity index (χ2v) is 14.2. The molecule has 0 atom stereocenters. The van der Waals surface area contributed by atoms with Crippen LogP contribution in [0.3, 0.4) is 0 Å². The van der Waals surface area contributed by atoms with E-state index in [2.05, 4.69) is 60.7 Å². The summed E-state index contributed by atoms with van der Waals surface area (Å²) in [6.07, 6.45) is 8.48. The molecule has 4 saturated carbocycles. The number of nitriles is 1. The normalized spacial score (nSPS) is 24.0. The van der Waals surface area contributed by atoms with Gasteiger partial charge in [-0.2, -0.15) is 5.26 Å². The number of hydrogen-bond donors (Lipinski definition) is 0. The molecule has 5 heteroatoms. The molecule has 208 valence electrons. The summed E-state index contributed by atoms with van der Waals surface area (Å²) in [6.45, 7) is 0. The van der Waals surface area contributed by atoms with Crippen LogP contribution in [0.25, 0.3) is 54.3 Å². The molecule has 4 fully saturated rings. The van der Waals surface area contributed by atoms with Gasteiger partial charge in [-0.1, -0.05) is 72.8 Å². The van der Waals surface area contributed by atoms with Gasteiger partial charge in [-0.05, 0) is 85.5 Å². The van der Waals surface area contributed by atoms with Gasteiger partial charge in [-0.3, -0.25) is 0 Å². The SMILES string of the molecule is N#Cc1ccc2c(c1)sc1cc(-c3nc(-c4ccccc4)nc(-c4ccc(C56C[C@H]7C[C@H](C5)C[C@@H](C6)C7)cc4)n3)ccc12. The van der Waals surface area contributed by atoms with Crippen LogP contribution in [0.4, 0.5) is 0 Å². The molecule has 4 aliphatic carbocycles. The second-order valence-electron chi connectivity index (χ2n) is 13.1. The van der Waals surface area contributed by atoms with Crippen molar-refractivity contribution in [2.24, 2.45) is 17.8 Å². The summed E-state index contributed by atoms with van der Waals surface area (Å²) in [6, 6.07) is 34.0. The predicted octanol–water partition coefficient (Wildman–Crippen LogP) is 9.58. The fraction of sp³-hybridized carbons (Fsp3) is 0.263. The van der Waals surface area contributed by atoms with Crippen LogP contribution in [0, 0.1) is 29.1 Å². The van der Waals surface area contributed by atoms with Gasteiger partial charge in [0.2, 0.25) is 0 Å². The van der Waals surface area contributed by atoms with Crippen molar-refractivity contribution in [3.8, 4) is 40.2 Å². The largest absolute Gasteiger partial charge is 0.208 e. The molecule has 4 bridgehead atoms. The zero-order valence-corrected chi connectivity index (χ0v) is 24.6. The Morgan fingerprint density at radius 2 is 1.14 bits per heavy atom. The third-order valence-electron chi connectivity index (χ3n) is 10.3. The number of hydrogen-bond acceptors (Lipinski definition) is 5. The molecule has 0 aliphatic heterocycles. The fourth-order valence-corrected chi connectivity index (χ4v) is 9.96. The first-order valence-corrected chi connectivity index (χ1v) is 16.2. The van der Waals surface area contributed by atoms with Crippen LogP contribution in [0.15, 0.2) is 91.0 Å². The quantitative estimate of drug-likeness (QED) is 0.210. The third kappa shape index (κ3) is 4.19. The zero-order valence-electron chi connectivity index (χ0n) is 23.8. The highest BCUT2D eigenvalue weighted by molar-refractivity contribution is 7.25. The first kappa shape index (κ1) is 25.1. The Kier molecular flexibility index (Phi) is 5.58. The van der Waals surface area contributed by atoms with Gasteiger partial charge in [0.25, 0.3) is 0 Å². The number of rotatable bonds is 4. The lowest BCUT2D eigenvalue weighted by molar-refractivity contribution is -0.00518. The number of aromatic nitrogens is 3. The number of thiophene rings is 1. The summed E-state index contributed by atoms with van der Waals surface area (Å²) < 4.78 is 2.28. The van der Waals surface area contributed by atoms with Crippen molar-refractivity contribution in [2.75, 3.05) is 0 Å². The smallest absolute Gasteiger partial charge is 0.164 e. The van der Waals surface area contributed by atoms with Crippen molar-refractivity contribution >= 4 is 31.5 Å². The highest BCUT2D eigenvalue weighted by Crippen LogP contribution is 2.60. The van der Waals surface area contributed by atoms with E-state index in [-0.39, 0.29) is 0 Å². The molecule has 4 aliphatic rings. The van der Waals surface area contributed by atoms with Gasteiger partial charge in [0, 0.05) is 36.9 Å². The second kappa shape index (κ2) is 9.56. The molecule has 10 rings (SSSR count). The highest BCUT2D eigenvalue weighted by atomic mass is 32.1. The minimum absolute atomic E-state index is 0.375. The molecule has 4 nitrogen and oxygen atoms in total. The number of fused-ring (bicyclic) bond motifs is 3. The van der Waals surface area contributed by atoms with E-state index in [1.807, 2.05) is 36.4 Å². The van der Waals surface area contributed by atoms with Gasteiger partial charge in [-0.15, -0.1) is 11.3 Å². The molecule has 2 aromatic heterocycles. The number of nitrogens with zero attached hydrogens (tertiary/aromatic N) is 4. The molecule has 0 radical (unpaired) electrons. The maximum Gasteiger partial charge on any atom is 0.164 e. The molecule has 0 unspecified atom stereocenters. The maximum absolute atomic E-state index is 9.37. The van der Waals surface area contributed by atoms with Gasteiger partial charge >= 0.3 is 0 Å². The molecule has 43 heavy (non-hydrogen) atoms. The monoisotopic (exact) mass is 574 g/mol. The minimum Gasteiger partial charge on any atom is -0.208 e. The third-order valence-corrected chi connectivity index (χ3v) is 11.4. The van der Waals surface area contributed by atoms with Crippen molar-refractivity contribution in [3.63, 3.8) is 0 Å². The molecule has 2 heterocycles. The molecule has 6 aromatic rings. The molecular weight excluding hydrogens is 545 g/mol. The van der Waals surface area contributed by atoms with E-state index in [1.54, 1.807) is 11.3 Å². The van der Waals surface area contributed by atoms with Gasteiger partial charge in [-0.25, -0.2) is 15.0 Å². The summed E-state index contributed by atoms with van der Waals surface area (Å²) in [5, 5.41) is 11.7. The van der Waals surface area contributed by atoms with Gasteiger partial charge < -0.3 is 0 Å². The molecular formula is C38H30N4S. The summed E-state index contributed by atoms with van der Waals surface area (Å²) in [5.74, 6) is 4.84. The lowest BCUT2D eigenvalue weighted by atomic mass is 9.48. The Hall–Kier alpha value is -4.40. The van der Waals surface area contributed by atoms with Crippen LogP contribution in [-0.2, 0) is 5.41 Å². The van der Waals surface area contributed by atoms with Crippen molar-refractivity contribution in [1.82, 2.24) is 15.0 Å². The standard InChI is InChI=1S/C38H30N4S/c39-22-23-6-12-31-32-13-9-29(18-34(32)43-33(31)17-23)37-41-35(27-4-2-1-3-5-27)40-36(42-37)28-7-10-30(11-8-28)38-19-24-14-25(20-38)16-26(15-24)21-38/h1-13,17-18,24-26H,14-16,19-21H2/t24-,25-,26-,38?. The van der Waals surface area contributed by atoms with Crippen LogP contribution in [-0.4, -0.2) is 15.0 Å². The van der Waals surface area contributed by atoms with E-state index in [4.69, 9.17) is 15.0 Å². The molecule has 4 aromatic carbocycles. The van der Waals surface area contributed by atoms with E-state index >= 15 is 0 Å². The summed E-state index contributed by atoms with van der Waals surface area (Å²) >= 11 is 1.70.